The zero-order valence-corrected chi connectivity index (χ0v) is 39.1. The Labute approximate surface area is 343 Å². The molecular weight excluding hydrogens is 783 g/mol. The number of rotatable bonds is 8. The minimum absolute atomic E-state index is 0. The Morgan fingerprint density at radius 3 is 0.865 bits per heavy atom. The van der Waals surface area contributed by atoms with E-state index in [0.29, 0.717) is 35.5 Å². The van der Waals surface area contributed by atoms with Crippen LogP contribution in [-0.4, -0.2) is 22.5 Å². The Balaban J connectivity index is 0.00000147. The topological polar surface area (TPSA) is 39.8 Å². The number of hydrogen-bond donors (Lipinski definition) is 0. The van der Waals surface area contributed by atoms with Crippen molar-refractivity contribution in [2.45, 2.75) is 153 Å². The van der Waals surface area contributed by atoms with Crippen molar-refractivity contribution in [2.24, 2.45) is 0 Å². The zero-order valence-electron chi connectivity index (χ0n) is 35.2. The predicted octanol–water partition coefficient (Wildman–Crippen LogP) is 13.7. The predicted molar refractivity (Wildman–Crippen MR) is 221 cm³/mol. The van der Waals surface area contributed by atoms with E-state index in [1.807, 2.05) is 0 Å². The van der Waals surface area contributed by atoms with Crippen LogP contribution in [0.4, 0.5) is 0 Å². The third kappa shape index (κ3) is 11.5. The molecule has 2 nitrogen and oxygen atoms in total. The minimum Gasteiger partial charge on any atom is 0 e. The quantitative estimate of drug-likeness (QED) is 0.123. The summed E-state index contributed by atoms with van der Waals surface area (Å²) in [7, 11) is 0. The van der Waals surface area contributed by atoms with Crippen LogP contribution in [0.2, 0.25) is 0 Å². The SMILES string of the molecule is CC(C)c1cc(C(C)C)c(-c2cccc(-c3c(C(C)C)cc(C(C)C)cc3C(C)C)[c]2[Sn])c(C(C)C)c1.C[C]1C(C)=C(C)C(C)=C1C.[C-]#[O+].[C-]#[O+].[Fe]. The summed E-state index contributed by atoms with van der Waals surface area (Å²) in [5.74, 6) is 4.45. The van der Waals surface area contributed by atoms with Crippen LogP contribution in [0.1, 0.15) is 187 Å². The molecule has 0 spiro atoms. The first-order chi connectivity index (χ1) is 23.8. The van der Waals surface area contributed by atoms with Crippen molar-refractivity contribution in [2.75, 3.05) is 0 Å². The smallest absolute Gasteiger partial charge is 0 e. The van der Waals surface area contributed by atoms with Crippen molar-refractivity contribution < 1.29 is 26.4 Å². The van der Waals surface area contributed by atoms with Gasteiger partial charge in [-0.1, -0.05) is 18.1 Å². The second-order valence-electron chi connectivity index (χ2n) is 15.9. The van der Waals surface area contributed by atoms with E-state index in [1.54, 1.807) is 0 Å². The molecule has 1 aliphatic rings. The summed E-state index contributed by atoms with van der Waals surface area (Å²) in [6, 6.07) is 17.1. The van der Waals surface area contributed by atoms with Gasteiger partial charge in [0.15, 0.2) is 0 Å². The summed E-state index contributed by atoms with van der Waals surface area (Å²) < 4.78 is 16.5. The van der Waals surface area contributed by atoms with Gasteiger partial charge in [0.1, 0.15) is 0 Å². The first-order valence-electron chi connectivity index (χ1n) is 18.6. The summed E-state index contributed by atoms with van der Waals surface area (Å²) in [5, 5.41) is 0. The van der Waals surface area contributed by atoms with Gasteiger partial charge in [-0.3, -0.25) is 0 Å². The van der Waals surface area contributed by atoms with Gasteiger partial charge in [0.2, 0.25) is 0 Å². The van der Waals surface area contributed by atoms with Crippen molar-refractivity contribution in [3.05, 3.63) is 117 Å². The Kier molecular flexibility index (Phi) is 21.5. The molecular formula is C48H64FeO2Sn. The molecule has 4 heteroatoms. The summed E-state index contributed by atoms with van der Waals surface area (Å²) in [6.07, 6.45) is 0. The largest absolute Gasteiger partial charge is 0 e. The van der Waals surface area contributed by atoms with Crippen molar-refractivity contribution in [1.82, 2.24) is 0 Å². The molecule has 0 unspecified atom stereocenters. The van der Waals surface area contributed by atoms with E-state index in [-0.39, 0.29) is 17.1 Å². The number of allylic oxidation sites excluding steroid dienone is 4. The molecule has 0 amide bonds. The van der Waals surface area contributed by atoms with Gasteiger partial charge in [0.05, 0.1) is 0 Å². The van der Waals surface area contributed by atoms with E-state index in [2.05, 4.69) is 173 Å². The van der Waals surface area contributed by atoms with Crippen LogP contribution < -0.4 is 3.58 Å². The van der Waals surface area contributed by atoms with Gasteiger partial charge in [-0.2, -0.15) is 0 Å². The van der Waals surface area contributed by atoms with Gasteiger partial charge in [-0.15, -0.1) is 0 Å². The van der Waals surface area contributed by atoms with Crippen molar-refractivity contribution in [3.8, 4) is 22.3 Å². The maximum Gasteiger partial charge on any atom is 0 e. The van der Waals surface area contributed by atoms with Crippen molar-refractivity contribution in [3.63, 3.8) is 0 Å². The molecule has 52 heavy (non-hydrogen) atoms. The fourth-order valence-electron chi connectivity index (χ4n) is 6.91. The fraction of sp³-hybridized carbons (Fsp3) is 0.479. The average molecular weight is 848 g/mol. The summed E-state index contributed by atoms with van der Waals surface area (Å²) in [5.41, 5.74) is 20.6. The van der Waals surface area contributed by atoms with Crippen LogP contribution in [0.5, 0.6) is 0 Å². The molecule has 3 aromatic carbocycles. The molecule has 0 atom stereocenters. The van der Waals surface area contributed by atoms with Crippen LogP contribution in [0.15, 0.2) is 64.8 Å². The monoisotopic (exact) mass is 848 g/mol. The van der Waals surface area contributed by atoms with Gasteiger partial charge in [-0.05, 0) is 38.8 Å². The minimum atomic E-state index is 0. The molecule has 0 aromatic heterocycles. The fourth-order valence-corrected chi connectivity index (χ4v) is 8.10. The van der Waals surface area contributed by atoms with Gasteiger partial charge >= 0.3 is 265 Å². The van der Waals surface area contributed by atoms with Gasteiger partial charge in [0, 0.05) is 23.0 Å². The Morgan fingerprint density at radius 1 is 0.442 bits per heavy atom. The molecule has 0 heterocycles. The molecule has 4 rings (SSSR count). The number of benzene rings is 3. The maximum atomic E-state index is 7.50. The Bertz CT molecular complexity index is 1560. The van der Waals surface area contributed by atoms with Crippen LogP contribution in [0, 0.1) is 19.2 Å². The molecule has 0 N–H and O–H groups in total. The first-order valence-corrected chi connectivity index (χ1v) is 20.0. The van der Waals surface area contributed by atoms with E-state index in [0.717, 1.165) is 0 Å². The molecule has 4 radical (unpaired) electrons. The Morgan fingerprint density at radius 2 is 0.692 bits per heavy atom. The summed E-state index contributed by atoms with van der Waals surface area (Å²) in [6.45, 7) is 48.2. The van der Waals surface area contributed by atoms with Crippen molar-refractivity contribution >= 4 is 26.1 Å². The second kappa shape index (κ2) is 22.3. The summed E-state index contributed by atoms with van der Waals surface area (Å²) >= 11 is 1.49. The second-order valence-corrected chi connectivity index (χ2v) is 17.4. The number of hydrogen-bond acceptors (Lipinski definition) is 0. The molecule has 1 aliphatic carbocycles. The van der Waals surface area contributed by atoms with E-state index in [4.69, 9.17) is 9.30 Å². The van der Waals surface area contributed by atoms with Gasteiger partial charge in [0.25, 0.3) is 0 Å². The molecule has 0 aliphatic heterocycles. The van der Waals surface area contributed by atoms with E-state index in [1.165, 1.54) is 110 Å². The van der Waals surface area contributed by atoms with E-state index >= 15 is 0 Å². The van der Waals surface area contributed by atoms with Crippen LogP contribution >= 0.6 is 0 Å². The summed E-state index contributed by atoms with van der Waals surface area (Å²) in [4.78, 5) is 0. The van der Waals surface area contributed by atoms with E-state index < -0.39 is 0 Å². The molecule has 0 fully saturated rings. The molecule has 0 bridgehead atoms. The third-order valence-corrected chi connectivity index (χ3v) is 12.2. The van der Waals surface area contributed by atoms with Gasteiger partial charge < -0.3 is 0 Å². The molecule has 280 valence electrons. The Hall–Kier alpha value is -2.06. The first kappa shape index (κ1) is 49.9. The van der Waals surface area contributed by atoms with E-state index in [9.17, 15) is 0 Å². The molecule has 3 aromatic rings. The standard InChI is InChI=1S/C36H49.C10H15.2CO.Fe.Sn/c1-21(2)29-17-31(23(5)6)35(32(18-29)24(7)8)27-14-13-15-28(16-27)36-33(25(9)10)19-30(22(3)4)20-34(36)26(11)12;1-6-7(2)9(4)10(5)8(6)3;2*1-2;;/h13-15,17-26H,1-12H3;1-5H3;;;;. The molecule has 0 saturated carbocycles. The molecule has 0 saturated heterocycles. The zero-order chi connectivity index (χ0) is 39.7. The maximum absolute atomic E-state index is 7.50. The normalized spacial score (nSPS) is 12.9. The van der Waals surface area contributed by atoms with Crippen LogP contribution in [0.3, 0.4) is 0 Å². The average Bonchev–Trinajstić information content (AvgIpc) is 3.26. The van der Waals surface area contributed by atoms with Gasteiger partial charge in [-0.25, -0.2) is 0 Å². The van der Waals surface area contributed by atoms with Crippen LogP contribution in [0.25, 0.3) is 22.3 Å². The van der Waals surface area contributed by atoms with Crippen LogP contribution in [-0.2, 0) is 26.4 Å². The third-order valence-electron chi connectivity index (χ3n) is 10.7. The van der Waals surface area contributed by atoms with Crippen molar-refractivity contribution in [1.29, 1.82) is 0 Å².